The highest BCUT2D eigenvalue weighted by Gasteiger charge is 2.95. The first kappa shape index (κ1) is 28.8. The molecule has 0 aromatic heterocycles. The maximum Gasteiger partial charge on any atom is 0.460 e. The van der Waals surface area contributed by atoms with E-state index in [9.17, 15) is 74.6 Å². The van der Waals surface area contributed by atoms with Gasteiger partial charge in [-0.15, -0.1) is 0 Å². The fourth-order valence-corrected chi connectivity index (χ4v) is 5.79. The minimum atomic E-state index is -8.57. The van der Waals surface area contributed by atoms with Crippen molar-refractivity contribution in [3.63, 3.8) is 0 Å². The highest BCUT2D eigenvalue weighted by Crippen LogP contribution is 2.67. The second-order valence-corrected chi connectivity index (χ2v) is 9.31. The average molecular weight is 640 g/mol. The van der Waals surface area contributed by atoms with Crippen LogP contribution in [0.5, 0.6) is 0 Å². The molecule has 0 unspecified atom stereocenters. The maximum absolute atomic E-state index is 14.4. The Morgan fingerprint density at radius 1 is 0.455 bits per heavy atom. The van der Waals surface area contributed by atoms with E-state index < -0.39 is 69.3 Å². The predicted octanol–water partition coefficient (Wildman–Crippen LogP) is 7.85. The Labute approximate surface area is 186 Å². The van der Waals surface area contributed by atoms with E-state index in [1.165, 1.54) is 0 Å². The van der Waals surface area contributed by atoms with Gasteiger partial charge in [0, 0.05) is 9.84 Å². The quantitative estimate of drug-likeness (QED) is 0.151. The summed E-state index contributed by atoms with van der Waals surface area (Å²) < 4.78 is 226. The second kappa shape index (κ2) is 7.52. The third-order valence-electron chi connectivity index (χ3n) is 5.98. The molecule has 0 spiro atoms. The lowest BCUT2D eigenvalue weighted by atomic mass is 9.78. The minimum absolute atomic E-state index is 0.153. The normalized spacial score (nSPS) is 28.5. The Balaban J connectivity index is 2.58. The zero-order chi connectivity index (χ0) is 26.4. The molecule has 0 heterocycles. The molecule has 0 aromatic carbocycles. The summed E-state index contributed by atoms with van der Waals surface area (Å²) in [6.07, 6.45) is -8.11. The monoisotopic (exact) mass is 640 g/mol. The summed E-state index contributed by atoms with van der Waals surface area (Å²) >= 11 is 1.11. The van der Waals surface area contributed by atoms with Crippen LogP contribution in [0.25, 0.3) is 0 Å². The van der Waals surface area contributed by atoms with Gasteiger partial charge in [0.15, 0.2) is 0 Å². The van der Waals surface area contributed by atoms with Crippen LogP contribution in [0.2, 0.25) is 0 Å². The highest BCUT2D eigenvalue weighted by molar-refractivity contribution is 14.1. The van der Waals surface area contributed by atoms with E-state index in [4.69, 9.17) is 0 Å². The molecule has 2 bridgehead atoms. The van der Waals surface area contributed by atoms with Crippen molar-refractivity contribution in [3.8, 4) is 0 Å². The Morgan fingerprint density at radius 2 is 0.788 bits per heavy atom. The highest BCUT2D eigenvalue weighted by atomic mass is 127. The van der Waals surface area contributed by atoms with Crippen molar-refractivity contribution in [2.24, 2.45) is 17.8 Å². The lowest BCUT2D eigenvalue weighted by Gasteiger charge is -2.45. The molecule has 18 heteroatoms. The fourth-order valence-electron chi connectivity index (χ4n) is 4.10. The van der Waals surface area contributed by atoms with Gasteiger partial charge in [0.25, 0.3) is 0 Å². The van der Waals surface area contributed by atoms with Crippen LogP contribution in [-0.4, -0.2) is 51.6 Å². The topological polar surface area (TPSA) is 0 Å². The van der Waals surface area contributed by atoms with Crippen molar-refractivity contribution < 1.29 is 74.6 Å². The van der Waals surface area contributed by atoms with Gasteiger partial charge in [-0.1, -0.05) is 22.6 Å². The van der Waals surface area contributed by atoms with Crippen LogP contribution in [0.15, 0.2) is 0 Å². The molecular formula is C15H10F17I. The third-order valence-corrected chi connectivity index (χ3v) is 7.77. The molecule has 196 valence electrons. The summed E-state index contributed by atoms with van der Waals surface area (Å²) in [4.78, 5) is 0. The smallest absolute Gasteiger partial charge is 0.199 e. The molecule has 0 nitrogen and oxygen atoms in total. The Morgan fingerprint density at radius 3 is 1.12 bits per heavy atom. The van der Waals surface area contributed by atoms with Crippen LogP contribution < -0.4 is 0 Å². The molecule has 33 heavy (non-hydrogen) atoms. The first-order valence-electron chi connectivity index (χ1n) is 8.60. The van der Waals surface area contributed by atoms with E-state index >= 15 is 0 Å². The number of hydrogen-bond acceptors (Lipinski definition) is 0. The van der Waals surface area contributed by atoms with Crippen LogP contribution in [0.1, 0.15) is 19.3 Å². The van der Waals surface area contributed by atoms with Crippen molar-refractivity contribution in [2.45, 2.75) is 70.8 Å². The summed E-state index contributed by atoms with van der Waals surface area (Å²) in [5.74, 6) is -60.7. The zero-order valence-electron chi connectivity index (χ0n) is 15.2. The summed E-state index contributed by atoms with van der Waals surface area (Å²) in [6, 6.07) is 0. The van der Waals surface area contributed by atoms with Gasteiger partial charge in [0.2, 0.25) is 0 Å². The Kier molecular flexibility index (Phi) is 6.56. The van der Waals surface area contributed by atoms with Crippen LogP contribution in [-0.2, 0) is 0 Å². The molecule has 4 atom stereocenters. The van der Waals surface area contributed by atoms with Gasteiger partial charge in [-0.05, 0) is 31.1 Å². The largest absolute Gasteiger partial charge is 0.460 e. The molecule has 2 aliphatic rings. The average Bonchev–Trinajstić information content (AvgIpc) is 3.20. The van der Waals surface area contributed by atoms with Gasteiger partial charge in [-0.25, -0.2) is 0 Å². The molecule has 2 fully saturated rings. The van der Waals surface area contributed by atoms with Crippen molar-refractivity contribution in [3.05, 3.63) is 0 Å². The lowest BCUT2D eigenvalue weighted by molar-refractivity contribution is -0.463. The van der Waals surface area contributed by atoms with Gasteiger partial charge in [-0.3, -0.25) is 0 Å². The first-order valence-corrected chi connectivity index (χ1v) is 9.85. The molecule has 0 radical (unpaired) electrons. The molecule has 2 aliphatic carbocycles. The van der Waals surface area contributed by atoms with E-state index in [-0.39, 0.29) is 19.3 Å². The Hall–Kier alpha value is -0.460. The van der Waals surface area contributed by atoms with Crippen molar-refractivity contribution >= 4 is 22.6 Å². The number of rotatable bonds is 7. The van der Waals surface area contributed by atoms with Crippen molar-refractivity contribution in [2.75, 3.05) is 0 Å². The molecule has 0 aliphatic heterocycles. The Bertz CT molecular complexity index is 752. The molecule has 0 N–H and O–H groups in total. The third kappa shape index (κ3) is 3.43. The van der Waals surface area contributed by atoms with Gasteiger partial charge >= 0.3 is 47.6 Å². The molecule has 2 rings (SSSR count). The molecule has 2 saturated carbocycles. The summed E-state index contributed by atoms with van der Waals surface area (Å²) in [6.45, 7) is 0. The SMILES string of the molecule is FC(F)(F)C(F)(F)C(F)(F)C(F)(F)C(F)(F)C(F)(F)C(F)(F)C(F)(F)[C@H]1[C@@H]2CC[C@@H](C2)[C@@H]1I. The van der Waals surface area contributed by atoms with Crippen molar-refractivity contribution in [1.29, 1.82) is 0 Å². The second-order valence-electron chi connectivity index (χ2n) is 7.87. The summed E-state index contributed by atoms with van der Waals surface area (Å²) in [5, 5.41) is 0. The minimum Gasteiger partial charge on any atom is -0.199 e. The number of fused-ring (bicyclic) bond motifs is 2. The molecule has 0 amide bonds. The van der Waals surface area contributed by atoms with Crippen LogP contribution in [0.3, 0.4) is 0 Å². The van der Waals surface area contributed by atoms with E-state index in [1.807, 2.05) is 0 Å². The first-order chi connectivity index (χ1) is 14.2. The van der Waals surface area contributed by atoms with Crippen LogP contribution in [0.4, 0.5) is 74.6 Å². The van der Waals surface area contributed by atoms with Crippen LogP contribution in [0, 0.1) is 17.8 Å². The number of halogens is 18. The molecule has 0 saturated heterocycles. The zero-order valence-corrected chi connectivity index (χ0v) is 17.4. The van der Waals surface area contributed by atoms with E-state index in [0.717, 1.165) is 22.6 Å². The van der Waals surface area contributed by atoms with Crippen molar-refractivity contribution in [1.82, 2.24) is 0 Å². The maximum atomic E-state index is 14.4. The van der Waals surface area contributed by atoms with E-state index in [1.54, 1.807) is 0 Å². The fraction of sp³-hybridized carbons (Fsp3) is 1.00. The van der Waals surface area contributed by atoms with Gasteiger partial charge in [-0.2, -0.15) is 74.6 Å². The number of hydrogen-bond donors (Lipinski definition) is 0. The molecular weight excluding hydrogens is 630 g/mol. The number of alkyl halides is 18. The van der Waals surface area contributed by atoms with E-state index in [0.29, 0.717) is 0 Å². The summed E-state index contributed by atoms with van der Waals surface area (Å²) in [7, 11) is 0. The van der Waals surface area contributed by atoms with Gasteiger partial charge in [0.1, 0.15) is 0 Å². The molecule has 0 aromatic rings. The van der Waals surface area contributed by atoms with E-state index in [2.05, 4.69) is 0 Å². The summed E-state index contributed by atoms with van der Waals surface area (Å²) in [5.41, 5.74) is 0. The lowest BCUT2D eigenvalue weighted by Crippen LogP contribution is -2.75. The standard InChI is InChI=1S/C15H10F17I/c16-8(17,6-4-1-2-5(3-4)7(6)33)9(18,19)10(20,21)11(22,23)12(24,25)13(26,27)14(28,29)15(30,31)32/h4-7H,1-3H2/t4-,5+,6+,7+/m1/s1. The van der Waals surface area contributed by atoms with Gasteiger partial charge in [0.05, 0.1) is 0 Å². The van der Waals surface area contributed by atoms with Gasteiger partial charge < -0.3 is 0 Å². The predicted molar refractivity (Wildman–Crippen MR) is 82.8 cm³/mol. The van der Waals surface area contributed by atoms with Crippen LogP contribution >= 0.6 is 22.6 Å².